The molecule has 3 aromatic carbocycles. The second-order valence-corrected chi connectivity index (χ2v) is 9.18. The van der Waals surface area contributed by atoms with Crippen molar-refractivity contribution in [2.75, 3.05) is 14.2 Å². The van der Waals surface area contributed by atoms with Crippen LogP contribution >= 0.6 is 31.0 Å². The highest BCUT2D eigenvalue weighted by Crippen LogP contribution is 2.46. The molecule has 0 aliphatic heterocycles. The molecule has 164 valence electrons. The van der Waals surface area contributed by atoms with Crippen molar-refractivity contribution >= 4 is 47.6 Å². The molecule has 0 spiro atoms. The van der Waals surface area contributed by atoms with Gasteiger partial charge in [-0.1, -0.05) is 76.3 Å². The summed E-state index contributed by atoms with van der Waals surface area (Å²) >= 11 is 13.0. The molecule has 0 bridgehead atoms. The highest BCUT2D eigenvalue weighted by atomic mass is 35.5. The maximum absolute atomic E-state index is 13.5. The smallest absolute Gasteiger partial charge is 0.466 e. The van der Waals surface area contributed by atoms with Crippen molar-refractivity contribution in [3.63, 3.8) is 0 Å². The van der Waals surface area contributed by atoms with E-state index in [9.17, 15) is 14.2 Å². The highest BCUT2D eigenvalue weighted by Gasteiger charge is 2.44. The molecule has 3 aromatic rings. The Labute approximate surface area is 197 Å². The highest BCUT2D eigenvalue weighted by molar-refractivity contribution is 7.72. The SMILES string of the molecule is COc1c(Cl)c(C(=O)c2ccccc2)c(Cl)c(OC)c1[P+](=O)C(=O)c1c(C)cccc1C. The second kappa shape index (κ2) is 9.83. The third kappa shape index (κ3) is 4.16. The van der Waals surface area contributed by atoms with Gasteiger partial charge in [0.05, 0.1) is 25.3 Å². The van der Waals surface area contributed by atoms with Gasteiger partial charge in [0.1, 0.15) is 10.0 Å². The Morgan fingerprint density at radius 1 is 0.781 bits per heavy atom. The first-order valence-electron chi connectivity index (χ1n) is 9.55. The Morgan fingerprint density at radius 3 is 1.75 bits per heavy atom. The molecule has 0 aromatic heterocycles. The number of rotatable bonds is 7. The summed E-state index contributed by atoms with van der Waals surface area (Å²) in [5.41, 5.74) is 1.40. The second-order valence-electron chi connectivity index (χ2n) is 6.98. The summed E-state index contributed by atoms with van der Waals surface area (Å²) in [5, 5.41) is -0.364. The average Bonchev–Trinajstić information content (AvgIpc) is 2.78. The predicted molar refractivity (Wildman–Crippen MR) is 127 cm³/mol. The molecule has 0 aliphatic rings. The zero-order chi connectivity index (χ0) is 23.6. The van der Waals surface area contributed by atoms with Crippen LogP contribution in [0, 0.1) is 13.8 Å². The Balaban J connectivity index is 2.25. The molecule has 0 fully saturated rings. The van der Waals surface area contributed by atoms with E-state index in [0.717, 1.165) is 0 Å². The molecule has 3 rings (SSSR count). The van der Waals surface area contributed by atoms with Gasteiger partial charge in [-0.25, -0.2) is 4.79 Å². The third-order valence-electron chi connectivity index (χ3n) is 5.02. The van der Waals surface area contributed by atoms with Crippen LogP contribution in [0.25, 0.3) is 0 Å². The monoisotopic (exact) mass is 489 g/mol. The summed E-state index contributed by atoms with van der Waals surface area (Å²) in [5.74, 6) is -0.638. The van der Waals surface area contributed by atoms with Gasteiger partial charge in [-0.05, 0) is 25.0 Å². The first-order valence-corrected chi connectivity index (χ1v) is 11.6. The lowest BCUT2D eigenvalue weighted by Gasteiger charge is -2.14. The van der Waals surface area contributed by atoms with Crippen LogP contribution in [-0.2, 0) is 4.57 Å². The molecule has 1 unspecified atom stereocenters. The molecular formula is C24H20Cl2O5P+. The molecule has 0 saturated heterocycles. The number of methoxy groups -OCH3 is 2. The van der Waals surface area contributed by atoms with Gasteiger partial charge in [0.15, 0.2) is 17.3 Å². The molecule has 8 heteroatoms. The standard InChI is InChI=1S/C24H20Cl2O5P/c1-13-9-8-10-14(2)16(13)24(28)32(29)23-21(30-3)18(25)17(19(26)22(23)31-4)20(27)15-11-6-5-7-12-15/h5-12H,1-4H3/q+1. The first kappa shape index (κ1) is 23.9. The van der Waals surface area contributed by atoms with Crippen LogP contribution in [0.2, 0.25) is 10.0 Å². The zero-order valence-corrected chi connectivity index (χ0v) is 20.3. The Hall–Kier alpha value is -2.72. The van der Waals surface area contributed by atoms with Crippen LogP contribution in [0.3, 0.4) is 0 Å². The normalized spacial score (nSPS) is 11.1. The van der Waals surface area contributed by atoms with E-state index in [4.69, 9.17) is 32.7 Å². The first-order chi connectivity index (χ1) is 15.2. The Bertz CT molecular complexity index is 1190. The van der Waals surface area contributed by atoms with Crippen LogP contribution in [0.4, 0.5) is 0 Å². The average molecular weight is 490 g/mol. The van der Waals surface area contributed by atoms with Crippen LogP contribution < -0.4 is 14.8 Å². The fourth-order valence-electron chi connectivity index (χ4n) is 3.48. The molecule has 0 heterocycles. The van der Waals surface area contributed by atoms with Crippen molar-refractivity contribution in [3.05, 3.63) is 86.4 Å². The van der Waals surface area contributed by atoms with Crippen LogP contribution in [0.15, 0.2) is 48.5 Å². The largest absolute Gasteiger partial charge is 0.491 e. The van der Waals surface area contributed by atoms with E-state index < -0.39 is 19.1 Å². The van der Waals surface area contributed by atoms with E-state index in [0.29, 0.717) is 22.3 Å². The Morgan fingerprint density at radius 2 is 1.28 bits per heavy atom. The van der Waals surface area contributed by atoms with Crippen LogP contribution in [0.1, 0.15) is 37.4 Å². The number of carbonyl (C=O) groups is 2. The number of hydrogen-bond donors (Lipinski definition) is 0. The third-order valence-corrected chi connectivity index (χ3v) is 7.15. The van der Waals surface area contributed by atoms with Gasteiger partial charge in [0.2, 0.25) is 0 Å². The summed E-state index contributed by atoms with van der Waals surface area (Å²) in [6, 6.07) is 13.8. The number of carbonyl (C=O) groups excluding carboxylic acids is 2. The van der Waals surface area contributed by atoms with Crippen LogP contribution in [0.5, 0.6) is 11.5 Å². The summed E-state index contributed by atoms with van der Waals surface area (Å²) in [6.07, 6.45) is 0. The minimum atomic E-state index is -2.74. The number of ketones is 1. The summed E-state index contributed by atoms with van der Waals surface area (Å²) in [4.78, 5) is 26.4. The van der Waals surface area contributed by atoms with E-state index in [1.54, 1.807) is 56.3 Å². The molecule has 0 saturated carbocycles. The number of aryl methyl sites for hydroxylation is 2. The summed E-state index contributed by atoms with van der Waals surface area (Å²) in [6.45, 7) is 3.53. The van der Waals surface area contributed by atoms with Crippen molar-refractivity contribution < 1.29 is 23.6 Å². The summed E-state index contributed by atoms with van der Waals surface area (Å²) < 4.78 is 24.3. The zero-order valence-electron chi connectivity index (χ0n) is 17.9. The van der Waals surface area contributed by atoms with Crippen molar-refractivity contribution in [1.29, 1.82) is 0 Å². The van der Waals surface area contributed by atoms with Gasteiger partial charge in [0, 0.05) is 5.56 Å². The van der Waals surface area contributed by atoms with Crippen molar-refractivity contribution in [2.24, 2.45) is 0 Å². The van der Waals surface area contributed by atoms with E-state index >= 15 is 0 Å². The fraction of sp³-hybridized carbons (Fsp3) is 0.167. The van der Waals surface area contributed by atoms with E-state index in [2.05, 4.69) is 0 Å². The van der Waals surface area contributed by atoms with Crippen molar-refractivity contribution in [3.8, 4) is 11.5 Å². The molecular weight excluding hydrogens is 470 g/mol. The lowest BCUT2D eigenvalue weighted by molar-refractivity contribution is 0.103. The minimum Gasteiger partial charge on any atom is -0.491 e. The quantitative estimate of drug-likeness (QED) is 0.294. The molecule has 5 nitrogen and oxygen atoms in total. The molecule has 1 atom stereocenters. The molecule has 0 aliphatic carbocycles. The molecule has 0 amide bonds. The maximum Gasteiger partial charge on any atom is 0.466 e. The summed E-state index contributed by atoms with van der Waals surface area (Å²) in [7, 11) is -0.122. The maximum atomic E-state index is 13.5. The van der Waals surface area contributed by atoms with E-state index in [-0.39, 0.29) is 32.4 Å². The Kier molecular flexibility index (Phi) is 7.35. The van der Waals surface area contributed by atoms with Gasteiger partial charge in [-0.15, -0.1) is 0 Å². The van der Waals surface area contributed by atoms with Gasteiger partial charge in [-0.2, -0.15) is 0 Å². The minimum absolute atomic E-state index is 0.0556. The van der Waals surface area contributed by atoms with E-state index in [1.807, 2.05) is 6.07 Å². The molecule has 0 radical (unpaired) electrons. The van der Waals surface area contributed by atoms with Gasteiger partial charge in [0.25, 0.3) is 5.30 Å². The lowest BCUT2D eigenvalue weighted by Crippen LogP contribution is -2.16. The predicted octanol–water partition coefficient (Wildman–Crippen LogP) is 6.15. The van der Waals surface area contributed by atoms with Crippen LogP contribution in [-0.4, -0.2) is 25.5 Å². The van der Waals surface area contributed by atoms with E-state index in [1.165, 1.54) is 14.2 Å². The lowest BCUT2D eigenvalue weighted by atomic mass is 10.0. The van der Waals surface area contributed by atoms with Crippen molar-refractivity contribution in [1.82, 2.24) is 0 Å². The topological polar surface area (TPSA) is 69.7 Å². The number of hydrogen-bond acceptors (Lipinski definition) is 5. The number of benzene rings is 3. The molecule has 32 heavy (non-hydrogen) atoms. The molecule has 0 N–H and O–H groups in total. The van der Waals surface area contributed by atoms with Gasteiger partial charge in [-0.3, -0.25) is 4.79 Å². The number of ether oxygens (including phenoxy) is 2. The number of halogens is 2. The van der Waals surface area contributed by atoms with Gasteiger partial charge < -0.3 is 9.47 Å². The van der Waals surface area contributed by atoms with Gasteiger partial charge >= 0.3 is 13.3 Å². The fourth-order valence-corrected chi connectivity index (χ4v) is 5.90. The van der Waals surface area contributed by atoms with Crippen molar-refractivity contribution in [2.45, 2.75) is 13.8 Å².